The predicted octanol–water partition coefficient (Wildman–Crippen LogP) is 14.2. The Morgan fingerprint density at radius 1 is 0.279 bits per heavy atom. The fourth-order valence-corrected chi connectivity index (χ4v) is 7.17. The number of hydrogen-bond donors (Lipinski definition) is 1. The molecular formula is C55H41N5O. The molecule has 61 heavy (non-hydrogen) atoms. The van der Waals surface area contributed by atoms with Gasteiger partial charge >= 0.3 is 6.01 Å². The Hall–Kier alpha value is -8.35. The Labute approximate surface area is 356 Å². The molecule has 6 heteroatoms. The molecule has 1 N–H and O–H groups in total. The minimum Gasteiger partial charge on any atom is -0.479 e. The van der Waals surface area contributed by atoms with E-state index in [1.807, 2.05) is 72.8 Å². The van der Waals surface area contributed by atoms with Gasteiger partial charge in [0.15, 0.2) is 11.6 Å². The van der Waals surface area contributed by atoms with Crippen molar-refractivity contribution in [1.29, 1.82) is 0 Å². The molecule has 1 aromatic heterocycles. The second-order valence-electron chi connectivity index (χ2n) is 14.4. The van der Waals surface area contributed by atoms with Crippen LogP contribution in [0.5, 0.6) is 6.01 Å². The zero-order valence-electron chi connectivity index (χ0n) is 33.3. The molecule has 9 rings (SSSR count). The molecule has 0 spiro atoms. The summed E-state index contributed by atoms with van der Waals surface area (Å²) >= 11 is 0. The van der Waals surface area contributed by atoms with E-state index in [-0.39, 0.29) is 6.01 Å². The fourth-order valence-electron chi connectivity index (χ4n) is 7.17. The standard InChI is InChI=1S/C55H41N5O/c61-55-57-53(45-33-25-41(26-34-45)21-23-43-29-37-51(38-30-43)59(47-13-5-1-6-14-47)48-15-7-2-8-16-48)56-54(58-55)46-35-27-42(28-36-46)22-24-44-31-39-52(40-32-44)60(49-17-9-3-10-18-49)50-19-11-4-12-20-50/h1-40H,(H,56,57,58,61)/b23-21+,24-22+. The van der Waals surface area contributed by atoms with Crippen molar-refractivity contribution in [1.82, 2.24) is 15.0 Å². The first-order valence-electron chi connectivity index (χ1n) is 20.2. The van der Waals surface area contributed by atoms with Gasteiger partial charge in [-0.1, -0.05) is 170 Å². The van der Waals surface area contributed by atoms with E-state index in [0.29, 0.717) is 11.6 Å². The van der Waals surface area contributed by atoms with Crippen molar-refractivity contribution < 1.29 is 5.11 Å². The summed E-state index contributed by atoms with van der Waals surface area (Å²) in [5.74, 6) is 0.807. The van der Waals surface area contributed by atoms with Gasteiger partial charge in [0.25, 0.3) is 0 Å². The Kier molecular flexibility index (Phi) is 11.3. The molecule has 0 atom stereocenters. The maximum absolute atomic E-state index is 10.5. The van der Waals surface area contributed by atoms with Crippen LogP contribution in [0.4, 0.5) is 34.1 Å². The second kappa shape index (κ2) is 18.1. The number of aromatic nitrogens is 3. The molecule has 0 aliphatic heterocycles. The highest BCUT2D eigenvalue weighted by Crippen LogP contribution is 2.36. The summed E-state index contributed by atoms with van der Waals surface area (Å²) < 4.78 is 0. The molecule has 0 amide bonds. The highest BCUT2D eigenvalue weighted by atomic mass is 16.3. The van der Waals surface area contributed by atoms with Crippen LogP contribution in [-0.2, 0) is 0 Å². The summed E-state index contributed by atoms with van der Waals surface area (Å²) in [6.07, 6.45) is 8.36. The van der Waals surface area contributed by atoms with E-state index < -0.39 is 0 Å². The summed E-state index contributed by atoms with van der Waals surface area (Å²) in [4.78, 5) is 17.7. The van der Waals surface area contributed by atoms with E-state index in [4.69, 9.17) is 4.98 Å². The van der Waals surface area contributed by atoms with Crippen LogP contribution in [0.25, 0.3) is 47.1 Å². The maximum atomic E-state index is 10.5. The Morgan fingerprint density at radius 2 is 0.525 bits per heavy atom. The summed E-state index contributed by atoms with van der Waals surface area (Å²) in [6.45, 7) is 0. The van der Waals surface area contributed by atoms with E-state index in [0.717, 1.165) is 67.5 Å². The molecule has 8 aromatic carbocycles. The molecule has 0 unspecified atom stereocenters. The van der Waals surface area contributed by atoms with Crippen molar-refractivity contribution in [3.63, 3.8) is 0 Å². The quantitative estimate of drug-likeness (QED) is 0.124. The summed E-state index contributed by atoms with van der Waals surface area (Å²) in [7, 11) is 0. The lowest BCUT2D eigenvalue weighted by Gasteiger charge is -2.25. The zero-order valence-corrected chi connectivity index (χ0v) is 33.3. The lowest BCUT2D eigenvalue weighted by Crippen LogP contribution is -2.09. The van der Waals surface area contributed by atoms with Crippen LogP contribution in [-0.4, -0.2) is 20.1 Å². The van der Waals surface area contributed by atoms with Crippen LogP contribution in [0.1, 0.15) is 22.3 Å². The van der Waals surface area contributed by atoms with Crippen molar-refractivity contribution in [3.05, 3.63) is 241 Å². The lowest BCUT2D eigenvalue weighted by molar-refractivity contribution is 0.430. The fraction of sp³-hybridized carbons (Fsp3) is 0. The average molecular weight is 788 g/mol. The predicted molar refractivity (Wildman–Crippen MR) is 252 cm³/mol. The van der Waals surface area contributed by atoms with Gasteiger partial charge in [-0.15, -0.1) is 0 Å². The van der Waals surface area contributed by atoms with Crippen LogP contribution in [0.15, 0.2) is 218 Å². The number of nitrogens with zero attached hydrogens (tertiary/aromatic N) is 5. The highest BCUT2D eigenvalue weighted by molar-refractivity contribution is 5.80. The molecule has 0 saturated heterocycles. The number of anilines is 6. The van der Waals surface area contributed by atoms with E-state index in [1.165, 1.54) is 0 Å². The number of rotatable bonds is 12. The van der Waals surface area contributed by atoms with Crippen molar-refractivity contribution in [2.45, 2.75) is 0 Å². The molecule has 0 aliphatic carbocycles. The monoisotopic (exact) mass is 787 g/mol. The molecule has 0 radical (unpaired) electrons. The van der Waals surface area contributed by atoms with Crippen molar-refractivity contribution in [2.24, 2.45) is 0 Å². The molecule has 0 saturated carbocycles. The zero-order chi connectivity index (χ0) is 41.2. The minimum atomic E-state index is -0.323. The van der Waals surface area contributed by atoms with Gasteiger partial charge < -0.3 is 14.9 Å². The second-order valence-corrected chi connectivity index (χ2v) is 14.4. The number of para-hydroxylation sites is 4. The normalized spacial score (nSPS) is 11.2. The van der Waals surface area contributed by atoms with Gasteiger partial charge in [-0.2, -0.15) is 9.97 Å². The van der Waals surface area contributed by atoms with E-state index in [2.05, 4.69) is 190 Å². The van der Waals surface area contributed by atoms with Crippen LogP contribution in [0, 0.1) is 0 Å². The number of aromatic hydroxyl groups is 1. The highest BCUT2D eigenvalue weighted by Gasteiger charge is 2.14. The van der Waals surface area contributed by atoms with Crippen molar-refractivity contribution in [2.75, 3.05) is 9.80 Å². The topological polar surface area (TPSA) is 65.4 Å². The summed E-state index contributed by atoms with van der Waals surface area (Å²) in [6, 6.07) is 74.2. The van der Waals surface area contributed by atoms with Crippen LogP contribution >= 0.6 is 0 Å². The third-order valence-corrected chi connectivity index (χ3v) is 10.3. The van der Waals surface area contributed by atoms with Crippen LogP contribution < -0.4 is 9.80 Å². The molecule has 0 fully saturated rings. The summed E-state index contributed by atoms with van der Waals surface area (Å²) in [5.41, 5.74) is 12.4. The smallest absolute Gasteiger partial charge is 0.318 e. The van der Waals surface area contributed by atoms with Gasteiger partial charge in [0, 0.05) is 45.3 Å². The van der Waals surface area contributed by atoms with Crippen molar-refractivity contribution in [3.8, 4) is 28.8 Å². The lowest BCUT2D eigenvalue weighted by atomic mass is 10.1. The molecule has 0 bridgehead atoms. The van der Waals surface area contributed by atoms with Crippen LogP contribution in [0.3, 0.4) is 0 Å². The molecule has 1 heterocycles. The molecule has 292 valence electrons. The first-order chi connectivity index (χ1) is 30.1. The third-order valence-electron chi connectivity index (χ3n) is 10.3. The molecule has 6 nitrogen and oxygen atoms in total. The van der Waals surface area contributed by atoms with Gasteiger partial charge in [-0.3, -0.25) is 0 Å². The van der Waals surface area contributed by atoms with Gasteiger partial charge in [0.05, 0.1) is 0 Å². The average Bonchev–Trinajstić information content (AvgIpc) is 3.33. The SMILES string of the molecule is Oc1nc(-c2ccc(/C=C/c3ccc(N(c4ccccc4)c4ccccc4)cc3)cc2)nc(-c2ccc(/C=C/c3ccc(N(c4ccccc4)c4ccccc4)cc3)cc2)n1. The maximum Gasteiger partial charge on any atom is 0.318 e. The minimum absolute atomic E-state index is 0.323. The Balaban J connectivity index is 0.856. The Morgan fingerprint density at radius 3 is 0.803 bits per heavy atom. The molecule has 0 aliphatic rings. The molecule has 9 aromatic rings. The van der Waals surface area contributed by atoms with Crippen LogP contribution in [0.2, 0.25) is 0 Å². The largest absolute Gasteiger partial charge is 0.479 e. The summed E-state index contributed by atoms with van der Waals surface area (Å²) in [5, 5.41) is 10.5. The Bertz CT molecular complexity index is 2590. The molecular weight excluding hydrogens is 747 g/mol. The van der Waals surface area contributed by atoms with Gasteiger partial charge in [-0.25, -0.2) is 4.98 Å². The van der Waals surface area contributed by atoms with E-state index in [1.54, 1.807) is 0 Å². The van der Waals surface area contributed by atoms with Gasteiger partial charge in [-0.05, 0) is 95.1 Å². The number of hydrogen-bond acceptors (Lipinski definition) is 6. The van der Waals surface area contributed by atoms with Gasteiger partial charge in [0.1, 0.15) is 0 Å². The third kappa shape index (κ3) is 9.20. The van der Waals surface area contributed by atoms with E-state index in [9.17, 15) is 5.11 Å². The number of benzene rings is 8. The van der Waals surface area contributed by atoms with Crippen molar-refractivity contribution >= 4 is 58.4 Å². The van der Waals surface area contributed by atoms with E-state index >= 15 is 0 Å². The van der Waals surface area contributed by atoms with Gasteiger partial charge in [0.2, 0.25) is 0 Å². The first-order valence-corrected chi connectivity index (χ1v) is 20.2. The first kappa shape index (κ1) is 38.2.